The summed E-state index contributed by atoms with van der Waals surface area (Å²) in [4.78, 5) is 39.5. The van der Waals surface area contributed by atoms with Crippen molar-refractivity contribution in [3.8, 4) is 17.2 Å². The Hall–Kier alpha value is -3.35. The van der Waals surface area contributed by atoms with Crippen LogP contribution in [0.3, 0.4) is 0 Å². The van der Waals surface area contributed by atoms with E-state index in [0.717, 1.165) is 6.92 Å². The van der Waals surface area contributed by atoms with Crippen molar-refractivity contribution in [3.63, 3.8) is 0 Å². The number of Topliss-reactive ketones (excluding diaryl/α,β-unsaturated/α-hetero) is 1. The maximum Gasteiger partial charge on any atom is 0.202 e. The number of ketones is 3. The highest BCUT2D eigenvalue weighted by molar-refractivity contribution is 6.31. The summed E-state index contributed by atoms with van der Waals surface area (Å²) in [6, 6.07) is 4.40. The number of benzene rings is 2. The van der Waals surface area contributed by atoms with Crippen LogP contribution in [0.5, 0.6) is 17.2 Å². The topological polar surface area (TPSA) is 180 Å². The molecule has 1 saturated heterocycles. The molecule has 1 fully saturated rings. The van der Waals surface area contributed by atoms with Crippen LogP contribution in [0.1, 0.15) is 75.8 Å². The lowest BCUT2D eigenvalue weighted by atomic mass is 9.72. The molecule has 11 heteroatoms. The number of fused-ring (bicyclic) bond motifs is 3. The van der Waals surface area contributed by atoms with Gasteiger partial charge in [0.1, 0.15) is 29.0 Å². The fourth-order valence-corrected chi connectivity index (χ4v) is 5.60. The van der Waals surface area contributed by atoms with E-state index < -0.39 is 82.7 Å². The number of hydrogen-bond acceptors (Lipinski definition) is 11. The molecule has 1 heterocycles. The van der Waals surface area contributed by atoms with Crippen molar-refractivity contribution in [2.24, 2.45) is 0 Å². The molecule has 0 aromatic heterocycles. The summed E-state index contributed by atoms with van der Waals surface area (Å²) in [5.41, 5.74) is -3.22. The van der Waals surface area contributed by atoms with Gasteiger partial charge in [0, 0.05) is 36.0 Å². The molecule has 2 aromatic carbocycles. The summed E-state index contributed by atoms with van der Waals surface area (Å²) >= 11 is 0. The van der Waals surface area contributed by atoms with Crippen molar-refractivity contribution in [1.82, 2.24) is 0 Å². The molecule has 0 unspecified atom stereocenters. The van der Waals surface area contributed by atoms with Gasteiger partial charge < -0.3 is 39.7 Å². The van der Waals surface area contributed by atoms with Gasteiger partial charge in [-0.3, -0.25) is 14.4 Å². The molecule has 11 nitrogen and oxygen atoms in total. The summed E-state index contributed by atoms with van der Waals surface area (Å²) in [5.74, 6) is -3.31. The first-order valence-corrected chi connectivity index (χ1v) is 12.2. The zero-order valence-electron chi connectivity index (χ0n) is 20.9. The molecular formula is C27H28O11. The summed E-state index contributed by atoms with van der Waals surface area (Å²) in [5, 5.41) is 54.1. The number of rotatable bonds is 4. The molecule has 0 bridgehead atoms. The summed E-state index contributed by atoms with van der Waals surface area (Å²) in [6.07, 6.45) is -6.53. The molecule has 2 aliphatic carbocycles. The minimum atomic E-state index is -2.03. The summed E-state index contributed by atoms with van der Waals surface area (Å²) in [6.45, 7) is 2.69. The van der Waals surface area contributed by atoms with Crippen molar-refractivity contribution >= 4 is 17.3 Å². The molecule has 0 spiro atoms. The molecular weight excluding hydrogens is 500 g/mol. The van der Waals surface area contributed by atoms with E-state index in [9.17, 15) is 39.9 Å². The molecule has 3 aliphatic rings. The van der Waals surface area contributed by atoms with E-state index in [1.807, 2.05) is 0 Å². The number of aromatic hydroxyl groups is 2. The first-order valence-electron chi connectivity index (χ1n) is 12.2. The third-order valence-corrected chi connectivity index (χ3v) is 7.72. The second-order valence-electron chi connectivity index (χ2n) is 10.0. The Balaban J connectivity index is 1.68. The Morgan fingerprint density at radius 3 is 2.39 bits per heavy atom. The number of hydrogen-bond donors (Lipinski definition) is 5. The molecule has 2 aromatic rings. The second kappa shape index (κ2) is 9.14. The van der Waals surface area contributed by atoms with Gasteiger partial charge in [-0.15, -0.1) is 0 Å². The van der Waals surface area contributed by atoms with Gasteiger partial charge in [0.2, 0.25) is 5.78 Å². The van der Waals surface area contributed by atoms with Crippen LogP contribution in [0, 0.1) is 0 Å². The zero-order valence-corrected chi connectivity index (χ0v) is 20.9. The van der Waals surface area contributed by atoms with E-state index in [1.165, 1.54) is 32.2 Å². The van der Waals surface area contributed by atoms with E-state index >= 15 is 0 Å². The van der Waals surface area contributed by atoms with Gasteiger partial charge >= 0.3 is 0 Å². The highest BCUT2D eigenvalue weighted by atomic mass is 16.7. The smallest absolute Gasteiger partial charge is 0.202 e. The summed E-state index contributed by atoms with van der Waals surface area (Å²) in [7, 11) is 1.33. The van der Waals surface area contributed by atoms with Crippen LogP contribution >= 0.6 is 0 Å². The Morgan fingerprint density at radius 2 is 1.76 bits per heavy atom. The van der Waals surface area contributed by atoms with Gasteiger partial charge in [0.15, 0.2) is 17.9 Å². The minimum Gasteiger partial charge on any atom is -0.507 e. The van der Waals surface area contributed by atoms with E-state index in [0.29, 0.717) is 0 Å². The van der Waals surface area contributed by atoms with Crippen LogP contribution in [0.2, 0.25) is 0 Å². The van der Waals surface area contributed by atoms with Crippen LogP contribution in [-0.2, 0) is 20.7 Å². The molecule has 0 radical (unpaired) electrons. The van der Waals surface area contributed by atoms with Crippen molar-refractivity contribution < 1.29 is 54.1 Å². The van der Waals surface area contributed by atoms with Crippen molar-refractivity contribution in [3.05, 3.63) is 51.6 Å². The lowest BCUT2D eigenvalue weighted by Crippen LogP contribution is -2.49. The third kappa shape index (κ3) is 3.81. The lowest BCUT2D eigenvalue weighted by molar-refractivity contribution is -0.265. The van der Waals surface area contributed by atoms with Crippen LogP contribution in [0.25, 0.3) is 0 Å². The normalized spacial score (nSPS) is 30.3. The molecule has 5 rings (SSSR count). The molecule has 38 heavy (non-hydrogen) atoms. The maximum atomic E-state index is 13.6. The Bertz CT molecular complexity index is 1350. The van der Waals surface area contributed by atoms with Gasteiger partial charge in [0.25, 0.3) is 0 Å². The minimum absolute atomic E-state index is 0.0286. The molecule has 6 atom stereocenters. The van der Waals surface area contributed by atoms with Gasteiger partial charge in [0.05, 0.1) is 42.1 Å². The van der Waals surface area contributed by atoms with Crippen LogP contribution in [0.15, 0.2) is 18.2 Å². The SMILES string of the molecule is COc1cccc2c1C(=O)c1c(O)c3c(c(O)c1C2=O)C[C@@](O)(C(C)=O)C[C@@H]3O[C@H]1C[C@H](O)[C@H](O)[C@@H](C)O1. The Morgan fingerprint density at radius 1 is 1.08 bits per heavy atom. The van der Waals surface area contributed by atoms with Gasteiger partial charge in [-0.25, -0.2) is 0 Å². The zero-order chi connectivity index (χ0) is 27.7. The number of phenolic OH excluding ortho intramolecular Hbond substituents is 2. The number of carbonyl (C=O) groups excluding carboxylic acids is 3. The number of aliphatic hydroxyl groups excluding tert-OH is 2. The number of methoxy groups -OCH3 is 1. The van der Waals surface area contributed by atoms with Crippen LogP contribution < -0.4 is 4.74 Å². The maximum absolute atomic E-state index is 13.6. The number of phenols is 2. The first-order chi connectivity index (χ1) is 17.9. The van der Waals surface area contributed by atoms with Crippen LogP contribution in [-0.4, -0.2) is 80.2 Å². The Kier molecular flexibility index (Phi) is 6.32. The largest absolute Gasteiger partial charge is 0.507 e. The fourth-order valence-electron chi connectivity index (χ4n) is 5.60. The van der Waals surface area contributed by atoms with E-state index in [1.54, 1.807) is 0 Å². The van der Waals surface area contributed by atoms with E-state index in [4.69, 9.17) is 14.2 Å². The lowest BCUT2D eigenvalue weighted by Gasteiger charge is -2.41. The molecule has 0 amide bonds. The van der Waals surface area contributed by atoms with Crippen molar-refractivity contribution in [2.75, 3.05) is 7.11 Å². The Labute approximate surface area is 217 Å². The second-order valence-corrected chi connectivity index (χ2v) is 10.0. The van der Waals surface area contributed by atoms with Gasteiger partial charge in [-0.05, 0) is 19.9 Å². The quantitative estimate of drug-likeness (QED) is 0.306. The highest BCUT2D eigenvalue weighted by Crippen LogP contribution is 2.52. The predicted octanol–water partition coefficient (Wildman–Crippen LogP) is 1.06. The molecule has 1 aliphatic heterocycles. The third-order valence-electron chi connectivity index (χ3n) is 7.72. The van der Waals surface area contributed by atoms with Crippen molar-refractivity contribution in [2.45, 2.75) is 69.4 Å². The van der Waals surface area contributed by atoms with E-state index in [-0.39, 0.29) is 40.8 Å². The monoisotopic (exact) mass is 528 g/mol. The molecule has 202 valence electrons. The summed E-state index contributed by atoms with van der Waals surface area (Å²) < 4.78 is 16.9. The average molecular weight is 529 g/mol. The number of aliphatic hydroxyl groups is 3. The van der Waals surface area contributed by atoms with Crippen LogP contribution in [0.4, 0.5) is 0 Å². The molecule has 0 saturated carbocycles. The molecule has 5 N–H and O–H groups in total. The van der Waals surface area contributed by atoms with E-state index in [2.05, 4.69) is 0 Å². The number of carbonyl (C=O) groups is 3. The highest BCUT2D eigenvalue weighted by Gasteiger charge is 2.49. The standard InChI is InChI=1S/C27H28O11/c1-10-22(30)14(29)7-17(37-10)38-16-9-27(35,11(2)28)8-13-19(16)26(34)21-20(24(13)32)23(31)12-5-4-6-15(36-3)18(12)25(21)33/h4-6,10,14,16-17,22,29-30,32,34-35H,7-9H2,1-3H3/t10-,14+,16+,17+,22-,27+/m1/s1. The van der Waals surface area contributed by atoms with Crippen molar-refractivity contribution in [1.29, 1.82) is 0 Å². The first kappa shape index (κ1) is 26.3. The van der Waals surface area contributed by atoms with Gasteiger partial charge in [-0.2, -0.15) is 0 Å². The number of ether oxygens (including phenoxy) is 3. The fraction of sp³-hybridized carbons (Fsp3) is 0.444. The predicted molar refractivity (Wildman–Crippen MR) is 128 cm³/mol. The van der Waals surface area contributed by atoms with Gasteiger partial charge in [-0.1, -0.05) is 12.1 Å². The average Bonchev–Trinajstić information content (AvgIpc) is 2.87.